The lowest BCUT2D eigenvalue weighted by atomic mass is 10.0. The van der Waals surface area contributed by atoms with Crippen LogP contribution in [0.1, 0.15) is 5.56 Å². The van der Waals surface area contributed by atoms with Gasteiger partial charge in [0.1, 0.15) is 17.6 Å². The number of rotatable bonds is 2. The second kappa shape index (κ2) is 4.99. The molecule has 0 aliphatic rings. The van der Waals surface area contributed by atoms with Crippen LogP contribution in [-0.4, -0.2) is 12.2 Å². The van der Waals surface area contributed by atoms with Crippen LogP contribution in [0.15, 0.2) is 36.4 Å². The van der Waals surface area contributed by atoms with Crippen LogP contribution in [0.25, 0.3) is 11.1 Å². The third-order valence-corrected chi connectivity index (χ3v) is 2.90. The molecule has 4 heteroatoms. The summed E-state index contributed by atoms with van der Waals surface area (Å²) in [6.07, 6.45) is 0. The van der Waals surface area contributed by atoms with Crippen LogP contribution in [-0.2, 0) is 0 Å². The van der Waals surface area contributed by atoms with E-state index >= 15 is 0 Å². The Bertz CT molecular complexity index is 632. The Kier molecular flexibility index (Phi) is 3.40. The molecule has 2 aromatic carbocycles. The van der Waals surface area contributed by atoms with E-state index in [2.05, 4.69) is 0 Å². The molecule has 0 atom stereocenters. The van der Waals surface area contributed by atoms with E-state index in [9.17, 15) is 5.11 Å². The van der Waals surface area contributed by atoms with E-state index in [0.29, 0.717) is 10.8 Å². The Morgan fingerprint density at radius 3 is 2.44 bits per heavy atom. The lowest BCUT2D eigenvalue weighted by Crippen LogP contribution is -1.86. The van der Waals surface area contributed by atoms with Crippen LogP contribution in [0, 0.1) is 11.3 Å². The van der Waals surface area contributed by atoms with E-state index in [-0.39, 0.29) is 11.3 Å². The van der Waals surface area contributed by atoms with Crippen molar-refractivity contribution < 1.29 is 9.84 Å². The highest BCUT2D eigenvalue weighted by atomic mass is 35.5. The SMILES string of the molecule is COc1ccc(-c2ccc(O)c(C#N)c2)cc1Cl. The van der Waals surface area contributed by atoms with Crippen LogP contribution < -0.4 is 4.74 Å². The maximum Gasteiger partial charge on any atom is 0.137 e. The lowest BCUT2D eigenvalue weighted by Gasteiger charge is -2.07. The summed E-state index contributed by atoms with van der Waals surface area (Å²) in [4.78, 5) is 0. The van der Waals surface area contributed by atoms with Crippen molar-refractivity contribution in [2.24, 2.45) is 0 Å². The van der Waals surface area contributed by atoms with E-state index in [1.54, 1.807) is 31.4 Å². The average Bonchev–Trinajstić information content (AvgIpc) is 2.39. The number of hydrogen-bond acceptors (Lipinski definition) is 3. The third-order valence-electron chi connectivity index (χ3n) is 2.60. The molecular formula is C14H10ClNO2. The Balaban J connectivity index is 2.49. The molecule has 0 fully saturated rings. The van der Waals surface area contributed by atoms with Gasteiger partial charge in [0.15, 0.2) is 0 Å². The minimum atomic E-state index is -0.0270. The molecule has 0 radical (unpaired) electrons. The van der Waals surface area contributed by atoms with E-state index in [1.165, 1.54) is 6.07 Å². The van der Waals surface area contributed by atoms with Gasteiger partial charge in [0.25, 0.3) is 0 Å². The molecule has 18 heavy (non-hydrogen) atoms. The fraction of sp³-hybridized carbons (Fsp3) is 0.0714. The number of hydrogen-bond donors (Lipinski definition) is 1. The Morgan fingerprint density at radius 2 is 1.83 bits per heavy atom. The van der Waals surface area contributed by atoms with Crippen LogP contribution in [0.2, 0.25) is 5.02 Å². The minimum absolute atomic E-state index is 0.0270. The fourth-order valence-electron chi connectivity index (χ4n) is 1.65. The molecule has 0 saturated carbocycles. The first-order valence-electron chi connectivity index (χ1n) is 5.22. The highest BCUT2D eigenvalue weighted by Crippen LogP contribution is 2.31. The van der Waals surface area contributed by atoms with E-state index in [0.717, 1.165) is 11.1 Å². The maximum atomic E-state index is 9.45. The van der Waals surface area contributed by atoms with Gasteiger partial charge in [0.05, 0.1) is 17.7 Å². The summed E-state index contributed by atoms with van der Waals surface area (Å²) in [6, 6.07) is 12.1. The molecule has 2 rings (SSSR count). The molecule has 1 N–H and O–H groups in total. The second-order valence-electron chi connectivity index (χ2n) is 3.69. The van der Waals surface area contributed by atoms with Crippen molar-refractivity contribution in [2.45, 2.75) is 0 Å². The molecule has 0 spiro atoms. The largest absolute Gasteiger partial charge is 0.507 e. The summed E-state index contributed by atoms with van der Waals surface area (Å²) in [6.45, 7) is 0. The summed E-state index contributed by atoms with van der Waals surface area (Å²) >= 11 is 6.04. The van der Waals surface area contributed by atoms with Crippen molar-refractivity contribution in [2.75, 3.05) is 7.11 Å². The van der Waals surface area contributed by atoms with Crippen molar-refractivity contribution in [1.29, 1.82) is 5.26 Å². The third kappa shape index (κ3) is 2.24. The van der Waals surface area contributed by atoms with Gasteiger partial charge >= 0.3 is 0 Å². The van der Waals surface area contributed by atoms with Gasteiger partial charge in [-0.15, -0.1) is 0 Å². The molecule has 2 aromatic rings. The molecule has 0 aliphatic carbocycles. The number of phenolic OH excluding ortho intramolecular Hbond substituents is 1. The molecule has 3 nitrogen and oxygen atoms in total. The number of ether oxygens (including phenoxy) is 1. The van der Waals surface area contributed by atoms with Crippen LogP contribution >= 0.6 is 11.6 Å². The Hall–Kier alpha value is -2.18. The number of benzene rings is 2. The lowest BCUT2D eigenvalue weighted by molar-refractivity contribution is 0.415. The first-order valence-corrected chi connectivity index (χ1v) is 5.60. The molecule has 90 valence electrons. The van der Waals surface area contributed by atoms with Crippen LogP contribution in [0.4, 0.5) is 0 Å². The van der Waals surface area contributed by atoms with E-state index in [1.807, 2.05) is 12.1 Å². The van der Waals surface area contributed by atoms with Gasteiger partial charge in [-0.25, -0.2) is 0 Å². The number of nitrogens with zero attached hydrogens (tertiary/aromatic N) is 1. The smallest absolute Gasteiger partial charge is 0.137 e. The van der Waals surface area contributed by atoms with E-state index in [4.69, 9.17) is 21.6 Å². The van der Waals surface area contributed by atoms with Gasteiger partial charge in [-0.1, -0.05) is 23.7 Å². The van der Waals surface area contributed by atoms with Crippen LogP contribution in [0.3, 0.4) is 0 Å². The predicted molar refractivity (Wildman–Crippen MR) is 69.8 cm³/mol. The van der Waals surface area contributed by atoms with Crippen molar-refractivity contribution in [3.05, 3.63) is 47.0 Å². The zero-order chi connectivity index (χ0) is 13.1. The Labute approximate surface area is 110 Å². The molecular weight excluding hydrogens is 250 g/mol. The number of aromatic hydroxyl groups is 1. The number of phenols is 1. The highest BCUT2D eigenvalue weighted by molar-refractivity contribution is 6.32. The van der Waals surface area contributed by atoms with Crippen LogP contribution in [0.5, 0.6) is 11.5 Å². The molecule has 0 aromatic heterocycles. The fourth-order valence-corrected chi connectivity index (χ4v) is 1.91. The quantitative estimate of drug-likeness (QED) is 0.897. The van der Waals surface area contributed by atoms with Gasteiger partial charge in [-0.05, 0) is 35.4 Å². The summed E-state index contributed by atoms with van der Waals surface area (Å²) in [5, 5.41) is 18.8. The zero-order valence-electron chi connectivity index (χ0n) is 9.64. The van der Waals surface area contributed by atoms with Gasteiger partial charge in [-0.3, -0.25) is 0 Å². The normalized spacial score (nSPS) is 9.83. The molecule has 0 bridgehead atoms. The predicted octanol–water partition coefficient (Wildman–Crippen LogP) is 3.59. The summed E-state index contributed by atoms with van der Waals surface area (Å²) in [5.74, 6) is 0.570. The molecule has 0 aliphatic heterocycles. The van der Waals surface area contributed by atoms with Gasteiger partial charge in [0, 0.05) is 0 Å². The van der Waals surface area contributed by atoms with Crippen molar-refractivity contribution >= 4 is 11.6 Å². The highest BCUT2D eigenvalue weighted by Gasteiger charge is 2.06. The van der Waals surface area contributed by atoms with Crippen molar-refractivity contribution in [3.8, 4) is 28.7 Å². The molecule has 0 heterocycles. The summed E-state index contributed by atoms with van der Waals surface area (Å²) in [5.41, 5.74) is 1.91. The van der Waals surface area contributed by atoms with Gasteiger partial charge in [0.2, 0.25) is 0 Å². The van der Waals surface area contributed by atoms with Crippen molar-refractivity contribution in [1.82, 2.24) is 0 Å². The molecule has 0 amide bonds. The maximum absolute atomic E-state index is 9.45. The second-order valence-corrected chi connectivity index (χ2v) is 4.10. The number of nitriles is 1. The zero-order valence-corrected chi connectivity index (χ0v) is 10.4. The minimum Gasteiger partial charge on any atom is -0.507 e. The number of methoxy groups -OCH3 is 1. The Morgan fingerprint density at radius 1 is 1.17 bits per heavy atom. The van der Waals surface area contributed by atoms with Crippen molar-refractivity contribution in [3.63, 3.8) is 0 Å². The van der Waals surface area contributed by atoms with Gasteiger partial charge in [-0.2, -0.15) is 5.26 Å². The van der Waals surface area contributed by atoms with E-state index < -0.39 is 0 Å². The standard InChI is InChI=1S/C14H10ClNO2/c1-18-14-5-3-10(7-12(14)15)9-2-4-13(17)11(6-9)8-16/h2-7,17H,1H3. The first-order chi connectivity index (χ1) is 8.65. The number of halogens is 1. The molecule has 0 unspecified atom stereocenters. The average molecular weight is 260 g/mol. The first kappa shape index (κ1) is 12.3. The monoisotopic (exact) mass is 259 g/mol. The summed E-state index contributed by atoms with van der Waals surface area (Å²) < 4.78 is 5.08. The summed E-state index contributed by atoms with van der Waals surface area (Å²) in [7, 11) is 1.55. The molecule has 0 saturated heterocycles. The van der Waals surface area contributed by atoms with Gasteiger partial charge < -0.3 is 9.84 Å². The topological polar surface area (TPSA) is 53.2 Å².